The summed E-state index contributed by atoms with van der Waals surface area (Å²) in [7, 11) is -2.64. The van der Waals surface area contributed by atoms with Crippen LogP contribution in [0.5, 0.6) is 5.88 Å². The average molecular weight is 624 g/mol. The number of ether oxygens (including phenoxy) is 1. The number of sulfonamides is 1. The highest BCUT2D eigenvalue weighted by atomic mass is 32.2. The molecule has 43 heavy (non-hydrogen) atoms. The van der Waals surface area contributed by atoms with Gasteiger partial charge in [0, 0.05) is 37.6 Å². The quantitative estimate of drug-likeness (QED) is 0.368. The predicted octanol–water partition coefficient (Wildman–Crippen LogP) is 4.55. The number of nitrogens with zero attached hydrogens (tertiary/aromatic N) is 6. The number of hydrogen-bond donors (Lipinski definition) is 1. The Bertz CT molecular complexity index is 1660. The number of alkyl halides is 3. The fourth-order valence-corrected chi connectivity index (χ4v) is 7.22. The van der Waals surface area contributed by atoms with E-state index in [2.05, 4.69) is 28.8 Å². The number of hydrogen-bond acceptors (Lipinski definition) is 8. The third kappa shape index (κ3) is 6.08. The first-order chi connectivity index (χ1) is 19.8. The molecule has 2 fully saturated rings. The van der Waals surface area contributed by atoms with Crippen molar-refractivity contribution in [2.24, 2.45) is 17.9 Å². The van der Waals surface area contributed by atoms with E-state index in [-0.39, 0.29) is 59.1 Å². The van der Waals surface area contributed by atoms with Crippen LogP contribution in [0.3, 0.4) is 0 Å². The van der Waals surface area contributed by atoms with Gasteiger partial charge in [-0.15, -0.1) is 5.10 Å². The largest absolute Gasteiger partial charge is 0.477 e. The molecule has 15 heteroatoms. The first-order valence-corrected chi connectivity index (χ1v) is 15.4. The molecule has 0 bridgehead atoms. The molecule has 3 aromatic rings. The minimum atomic E-state index is -4.25. The summed E-state index contributed by atoms with van der Waals surface area (Å²) >= 11 is 0. The Balaban J connectivity index is 1.43. The Morgan fingerprint density at radius 3 is 2.37 bits per heavy atom. The molecule has 0 atom stereocenters. The van der Waals surface area contributed by atoms with Gasteiger partial charge in [0.1, 0.15) is 10.7 Å². The van der Waals surface area contributed by atoms with Crippen LogP contribution >= 0.6 is 0 Å². The van der Waals surface area contributed by atoms with Crippen molar-refractivity contribution in [2.75, 3.05) is 18.1 Å². The highest BCUT2D eigenvalue weighted by molar-refractivity contribution is 7.90. The minimum Gasteiger partial charge on any atom is -0.477 e. The Labute approximate surface area is 248 Å². The van der Waals surface area contributed by atoms with Gasteiger partial charge in [-0.1, -0.05) is 13.8 Å². The SMILES string of the molecule is Cc1nn(C)cc1S(=O)(=O)NC(=O)c1ccc(-n2ccc(OCCC3(C(F)(F)F)CC3)n2)nc1N1CC(C)(C)CC1(C)C. The zero-order chi connectivity index (χ0) is 31.6. The molecule has 1 amide bonds. The van der Waals surface area contributed by atoms with E-state index in [1.807, 2.05) is 18.7 Å². The average Bonchev–Trinajstić information content (AvgIpc) is 3.28. The Kier molecular flexibility index (Phi) is 7.34. The van der Waals surface area contributed by atoms with E-state index in [4.69, 9.17) is 9.72 Å². The van der Waals surface area contributed by atoms with Crippen molar-refractivity contribution < 1.29 is 31.1 Å². The van der Waals surface area contributed by atoms with E-state index >= 15 is 0 Å². The number of nitrogens with one attached hydrogen (secondary N) is 1. The lowest BCUT2D eigenvalue weighted by molar-refractivity contribution is -0.190. The smallest absolute Gasteiger partial charge is 0.394 e. The molecule has 234 valence electrons. The van der Waals surface area contributed by atoms with Crippen molar-refractivity contribution in [3.05, 3.63) is 41.9 Å². The second kappa shape index (κ2) is 10.2. The van der Waals surface area contributed by atoms with E-state index in [9.17, 15) is 26.4 Å². The topological polar surface area (TPSA) is 124 Å². The van der Waals surface area contributed by atoms with Gasteiger partial charge in [0.05, 0.1) is 23.3 Å². The molecule has 1 aliphatic carbocycles. The number of amides is 1. The predicted molar refractivity (Wildman–Crippen MR) is 152 cm³/mol. The number of halogens is 3. The summed E-state index contributed by atoms with van der Waals surface area (Å²) in [6, 6.07) is 4.54. The lowest BCUT2D eigenvalue weighted by Gasteiger charge is -2.33. The molecule has 0 spiro atoms. The van der Waals surface area contributed by atoms with Crippen molar-refractivity contribution in [1.29, 1.82) is 0 Å². The summed E-state index contributed by atoms with van der Waals surface area (Å²) in [5, 5.41) is 8.39. The Morgan fingerprint density at radius 2 is 1.81 bits per heavy atom. The van der Waals surface area contributed by atoms with Gasteiger partial charge in [-0.25, -0.2) is 22.8 Å². The van der Waals surface area contributed by atoms with Gasteiger partial charge in [-0.05, 0) is 64.0 Å². The van der Waals surface area contributed by atoms with Gasteiger partial charge < -0.3 is 9.64 Å². The molecule has 3 aromatic heterocycles. The second-order valence-corrected chi connectivity index (χ2v) is 14.6. The van der Waals surface area contributed by atoms with Gasteiger partial charge in [0.2, 0.25) is 5.88 Å². The van der Waals surface area contributed by atoms with E-state index in [1.54, 1.807) is 13.2 Å². The number of anilines is 1. The zero-order valence-electron chi connectivity index (χ0n) is 25.0. The van der Waals surface area contributed by atoms with Gasteiger partial charge in [-0.2, -0.15) is 18.3 Å². The van der Waals surface area contributed by atoms with Gasteiger partial charge in [0.15, 0.2) is 5.82 Å². The molecular formula is C28H36F3N7O4S. The number of rotatable bonds is 9. The molecule has 0 radical (unpaired) electrons. The second-order valence-electron chi connectivity index (χ2n) is 12.9. The molecule has 4 heterocycles. The third-order valence-corrected chi connectivity index (χ3v) is 9.59. The Morgan fingerprint density at radius 1 is 1.12 bits per heavy atom. The van der Waals surface area contributed by atoms with Crippen LogP contribution in [-0.2, 0) is 17.1 Å². The summed E-state index contributed by atoms with van der Waals surface area (Å²) in [6.45, 7) is 10.2. The molecule has 0 unspecified atom stereocenters. The highest BCUT2D eigenvalue weighted by Gasteiger charge is 2.62. The fraction of sp³-hybridized carbons (Fsp3) is 0.571. The number of aryl methyl sites for hydroxylation is 2. The summed E-state index contributed by atoms with van der Waals surface area (Å²) in [4.78, 5) is 20.2. The van der Waals surface area contributed by atoms with E-state index in [1.165, 1.54) is 40.7 Å². The fourth-order valence-electron chi connectivity index (χ4n) is 6.04. The lowest BCUT2D eigenvalue weighted by atomic mass is 9.86. The van der Waals surface area contributed by atoms with Gasteiger partial charge >= 0.3 is 6.18 Å². The maximum absolute atomic E-state index is 13.5. The van der Waals surface area contributed by atoms with E-state index in [0.717, 1.165) is 6.42 Å². The van der Waals surface area contributed by atoms with Crippen LogP contribution in [0, 0.1) is 17.8 Å². The Hall–Kier alpha value is -3.62. The van der Waals surface area contributed by atoms with Gasteiger partial charge in [-0.3, -0.25) is 9.48 Å². The minimum absolute atomic E-state index is 0.0603. The van der Waals surface area contributed by atoms with Crippen LogP contribution in [0.25, 0.3) is 5.82 Å². The molecule has 0 aromatic carbocycles. The summed E-state index contributed by atoms with van der Waals surface area (Å²) < 4.78 is 76.4. The zero-order valence-corrected chi connectivity index (χ0v) is 25.8. The van der Waals surface area contributed by atoms with Crippen LogP contribution in [0.1, 0.15) is 69.4 Å². The highest BCUT2D eigenvalue weighted by Crippen LogP contribution is 2.59. The number of carbonyl (C=O) groups excluding carboxylic acids is 1. The lowest BCUT2D eigenvalue weighted by Crippen LogP contribution is -2.41. The van der Waals surface area contributed by atoms with Crippen molar-refractivity contribution in [1.82, 2.24) is 29.3 Å². The molecule has 1 saturated heterocycles. The van der Waals surface area contributed by atoms with Crippen molar-refractivity contribution in [3.8, 4) is 11.7 Å². The molecule has 5 rings (SSSR count). The normalized spacial score (nSPS) is 19.0. The first-order valence-electron chi connectivity index (χ1n) is 13.9. The van der Waals surface area contributed by atoms with Crippen LogP contribution < -0.4 is 14.4 Å². The van der Waals surface area contributed by atoms with Crippen molar-refractivity contribution in [2.45, 2.75) is 76.9 Å². The monoisotopic (exact) mass is 623 g/mol. The van der Waals surface area contributed by atoms with Crippen LogP contribution in [0.15, 0.2) is 35.5 Å². The molecule has 2 aliphatic rings. The molecule has 1 saturated carbocycles. The summed E-state index contributed by atoms with van der Waals surface area (Å²) in [5.41, 5.74) is -1.89. The van der Waals surface area contributed by atoms with Crippen molar-refractivity contribution in [3.63, 3.8) is 0 Å². The van der Waals surface area contributed by atoms with E-state index in [0.29, 0.717) is 12.4 Å². The standard InChI is InChI=1S/C28H36F3N7O4S/c1-18-20(15-36(6)33-18)43(40,41)35-24(39)19-7-8-21(32-23(19)37-17-25(2,3)16-26(37,4)5)38-13-9-22(34-38)42-14-12-27(10-11-27)28(29,30)31/h7-9,13,15H,10-12,14,16-17H2,1-6H3,(H,35,39). The molecule has 11 nitrogen and oxygen atoms in total. The van der Waals surface area contributed by atoms with Crippen LogP contribution in [0.4, 0.5) is 19.0 Å². The summed E-state index contributed by atoms with van der Waals surface area (Å²) in [6.07, 6.45) is -0.507. The maximum Gasteiger partial charge on any atom is 0.394 e. The molecule has 1 aliphatic heterocycles. The van der Waals surface area contributed by atoms with Gasteiger partial charge in [0.25, 0.3) is 15.9 Å². The van der Waals surface area contributed by atoms with E-state index < -0.39 is 33.1 Å². The number of pyridine rings is 1. The number of carbonyl (C=O) groups is 1. The third-order valence-electron chi connectivity index (χ3n) is 8.16. The van der Waals surface area contributed by atoms with Crippen LogP contribution in [0.2, 0.25) is 0 Å². The molecule has 1 N–H and O–H groups in total. The number of aromatic nitrogens is 5. The van der Waals surface area contributed by atoms with Crippen LogP contribution in [-0.4, -0.2) is 63.7 Å². The first kappa shape index (κ1) is 30.8. The van der Waals surface area contributed by atoms with Crippen molar-refractivity contribution >= 4 is 21.7 Å². The maximum atomic E-state index is 13.5. The summed E-state index contributed by atoms with van der Waals surface area (Å²) in [5.74, 6) is -0.103. The molecular weight excluding hydrogens is 587 g/mol.